The number of carboxylic acid groups (broad SMARTS) is 1. The fourth-order valence-corrected chi connectivity index (χ4v) is 1.63. The molecular formula is C15H28N2O6. The number of carboxylic acids is 1. The lowest BCUT2D eigenvalue weighted by atomic mass is 10.1. The minimum Gasteiger partial charge on any atom is -0.480 e. The highest BCUT2D eigenvalue weighted by molar-refractivity contribution is 5.93. The number of nitrogens with zero attached hydrogens (tertiary/aromatic N) is 1. The van der Waals surface area contributed by atoms with E-state index >= 15 is 0 Å². The van der Waals surface area contributed by atoms with Gasteiger partial charge in [-0.1, -0.05) is 0 Å². The van der Waals surface area contributed by atoms with Gasteiger partial charge in [0.15, 0.2) is 0 Å². The molecule has 0 bridgehead atoms. The van der Waals surface area contributed by atoms with Gasteiger partial charge in [-0.15, -0.1) is 0 Å². The topological polar surface area (TPSA) is 119 Å². The maximum Gasteiger partial charge on any atom is 0.420 e. The van der Waals surface area contributed by atoms with Gasteiger partial charge >= 0.3 is 18.2 Å². The summed E-state index contributed by atoms with van der Waals surface area (Å²) in [6.45, 7) is 9.95. The predicted octanol–water partition coefficient (Wildman–Crippen LogP) is 2.35. The summed E-state index contributed by atoms with van der Waals surface area (Å²) in [5.41, 5.74) is 3.63. The van der Waals surface area contributed by atoms with E-state index in [2.05, 4.69) is 0 Å². The molecule has 8 nitrogen and oxygen atoms in total. The first-order valence-corrected chi connectivity index (χ1v) is 7.46. The van der Waals surface area contributed by atoms with Crippen molar-refractivity contribution < 1.29 is 29.0 Å². The lowest BCUT2D eigenvalue weighted by Gasteiger charge is -2.31. The molecule has 0 aliphatic carbocycles. The van der Waals surface area contributed by atoms with Gasteiger partial charge in [0, 0.05) is 0 Å². The minimum atomic E-state index is -1.40. The van der Waals surface area contributed by atoms with E-state index in [1.54, 1.807) is 41.5 Å². The van der Waals surface area contributed by atoms with Crippen molar-refractivity contribution in [2.75, 3.05) is 6.54 Å². The molecule has 8 heteroatoms. The molecule has 3 N–H and O–H groups in total. The second-order valence-corrected chi connectivity index (χ2v) is 7.12. The maximum atomic E-state index is 12.3. The Bertz CT molecular complexity index is 408. The summed E-state index contributed by atoms with van der Waals surface area (Å²) in [5, 5.41) is 9.37. The molecule has 0 aliphatic rings. The molecule has 0 rings (SSSR count). The van der Waals surface area contributed by atoms with E-state index < -0.39 is 35.4 Å². The Kier molecular flexibility index (Phi) is 7.50. The number of hydrogen-bond acceptors (Lipinski definition) is 6. The lowest BCUT2D eigenvalue weighted by molar-refractivity contribution is -0.143. The zero-order chi connectivity index (χ0) is 18.4. The number of amides is 2. The summed E-state index contributed by atoms with van der Waals surface area (Å²) in [6, 6.07) is -1.40. The molecule has 0 spiro atoms. The van der Waals surface area contributed by atoms with E-state index in [9.17, 15) is 19.5 Å². The third kappa shape index (κ3) is 8.39. The van der Waals surface area contributed by atoms with Gasteiger partial charge in [-0.05, 0) is 60.9 Å². The van der Waals surface area contributed by atoms with Crippen LogP contribution in [0.5, 0.6) is 0 Å². The van der Waals surface area contributed by atoms with E-state index in [4.69, 9.17) is 15.2 Å². The van der Waals surface area contributed by atoms with Gasteiger partial charge in [0.2, 0.25) is 0 Å². The molecule has 0 unspecified atom stereocenters. The van der Waals surface area contributed by atoms with E-state index in [1.807, 2.05) is 0 Å². The second kappa shape index (κ2) is 8.14. The van der Waals surface area contributed by atoms with Crippen LogP contribution in [0.1, 0.15) is 54.4 Å². The zero-order valence-corrected chi connectivity index (χ0v) is 14.7. The van der Waals surface area contributed by atoms with Crippen LogP contribution in [0.4, 0.5) is 9.59 Å². The summed E-state index contributed by atoms with van der Waals surface area (Å²) < 4.78 is 10.3. The molecule has 1 atom stereocenters. The number of imide groups is 1. The SMILES string of the molecule is CC(C)(C)OC(=O)N(C(=O)OC(C)(C)C)[C@H](CCCN)C(=O)O. The summed E-state index contributed by atoms with van der Waals surface area (Å²) in [7, 11) is 0. The fraction of sp³-hybridized carbons (Fsp3) is 0.800. The van der Waals surface area contributed by atoms with Gasteiger partial charge in [-0.25, -0.2) is 14.4 Å². The summed E-state index contributed by atoms with van der Waals surface area (Å²) >= 11 is 0. The van der Waals surface area contributed by atoms with Gasteiger partial charge < -0.3 is 20.3 Å². The third-order valence-corrected chi connectivity index (χ3v) is 2.46. The van der Waals surface area contributed by atoms with Crippen molar-refractivity contribution in [2.45, 2.75) is 71.6 Å². The number of carbonyl (C=O) groups is 3. The standard InChI is InChI=1S/C15H28N2O6/c1-14(2,3)22-12(20)17(13(21)23-15(4,5)6)10(11(18)19)8-7-9-16/h10H,7-9,16H2,1-6H3,(H,18,19)/t10-/m1/s1. The first-order valence-electron chi connectivity index (χ1n) is 7.46. The molecule has 23 heavy (non-hydrogen) atoms. The van der Waals surface area contributed by atoms with Crippen molar-refractivity contribution in [1.29, 1.82) is 0 Å². The second-order valence-electron chi connectivity index (χ2n) is 7.12. The van der Waals surface area contributed by atoms with Crippen LogP contribution in [0.2, 0.25) is 0 Å². The predicted molar refractivity (Wildman–Crippen MR) is 84.0 cm³/mol. The van der Waals surface area contributed by atoms with Gasteiger partial charge in [-0.2, -0.15) is 4.90 Å². The average molecular weight is 332 g/mol. The maximum absolute atomic E-state index is 12.3. The van der Waals surface area contributed by atoms with Crippen molar-refractivity contribution in [2.24, 2.45) is 5.73 Å². The van der Waals surface area contributed by atoms with Crippen LogP contribution >= 0.6 is 0 Å². The Balaban J connectivity index is 5.53. The Labute approximate surface area is 136 Å². The molecular weight excluding hydrogens is 304 g/mol. The van der Waals surface area contributed by atoms with Crippen molar-refractivity contribution >= 4 is 18.2 Å². The molecule has 0 saturated heterocycles. The van der Waals surface area contributed by atoms with Crippen molar-refractivity contribution in [1.82, 2.24) is 4.90 Å². The van der Waals surface area contributed by atoms with Gasteiger partial charge in [0.25, 0.3) is 0 Å². The van der Waals surface area contributed by atoms with Crippen LogP contribution in [-0.4, -0.2) is 52.0 Å². The summed E-state index contributed by atoms with van der Waals surface area (Å²) in [5.74, 6) is -1.32. The molecule has 0 heterocycles. The first-order chi connectivity index (χ1) is 10.3. The third-order valence-electron chi connectivity index (χ3n) is 2.46. The van der Waals surface area contributed by atoms with Crippen molar-refractivity contribution in [3.05, 3.63) is 0 Å². The van der Waals surface area contributed by atoms with E-state index in [0.717, 1.165) is 0 Å². The quantitative estimate of drug-likeness (QED) is 0.793. The largest absolute Gasteiger partial charge is 0.480 e. The van der Waals surface area contributed by atoms with Crippen LogP contribution < -0.4 is 5.73 Å². The van der Waals surface area contributed by atoms with Crippen molar-refractivity contribution in [3.63, 3.8) is 0 Å². The Hall–Kier alpha value is -1.83. The van der Waals surface area contributed by atoms with Crippen LogP contribution in [0.3, 0.4) is 0 Å². The highest BCUT2D eigenvalue weighted by atomic mass is 16.6. The number of hydrogen-bond donors (Lipinski definition) is 2. The van der Waals surface area contributed by atoms with E-state index in [1.165, 1.54) is 0 Å². The normalized spacial score (nSPS) is 13.2. The Morgan fingerprint density at radius 2 is 1.39 bits per heavy atom. The fourth-order valence-electron chi connectivity index (χ4n) is 1.63. The van der Waals surface area contributed by atoms with Gasteiger partial charge in [0.1, 0.15) is 17.2 Å². The molecule has 0 saturated carbocycles. The monoisotopic (exact) mass is 332 g/mol. The number of ether oxygens (including phenoxy) is 2. The molecule has 0 aromatic carbocycles. The molecule has 134 valence electrons. The molecule has 0 aromatic heterocycles. The highest BCUT2D eigenvalue weighted by Gasteiger charge is 2.39. The van der Waals surface area contributed by atoms with E-state index in [0.29, 0.717) is 11.3 Å². The highest BCUT2D eigenvalue weighted by Crippen LogP contribution is 2.19. The molecule has 2 amide bonds. The van der Waals surface area contributed by atoms with Crippen LogP contribution in [0.25, 0.3) is 0 Å². The molecule has 0 radical (unpaired) electrons. The summed E-state index contributed by atoms with van der Waals surface area (Å²) in [6.07, 6.45) is -1.77. The smallest absolute Gasteiger partial charge is 0.420 e. The van der Waals surface area contributed by atoms with Crippen LogP contribution in [0, 0.1) is 0 Å². The van der Waals surface area contributed by atoms with Crippen LogP contribution in [-0.2, 0) is 14.3 Å². The van der Waals surface area contributed by atoms with Gasteiger partial charge in [0.05, 0.1) is 0 Å². The van der Waals surface area contributed by atoms with Crippen molar-refractivity contribution in [3.8, 4) is 0 Å². The number of nitrogens with two attached hydrogens (primary N) is 1. The Morgan fingerprint density at radius 3 is 1.65 bits per heavy atom. The molecule has 0 aliphatic heterocycles. The Morgan fingerprint density at radius 1 is 1.00 bits per heavy atom. The van der Waals surface area contributed by atoms with Crippen LogP contribution in [0.15, 0.2) is 0 Å². The first kappa shape index (κ1) is 21.2. The number of rotatable bonds is 5. The lowest BCUT2D eigenvalue weighted by Crippen LogP contribution is -2.52. The number of aliphatic carboxylic acids is 1. The summed E-state index contributed by atoms with van der Waals surface area (Å²) in [4.78, 5) is 36.6. The minimum absolute atomic E-state index is 0.0182. The van der Waals surface area contributed by atoms with E-state index in [-0.39, 0.29) is 13.0 Å². The molecule has 0 aromatic rings. The zero-order valence-electron chi connectivity index (χ0n) is 14.7. The van der Waals surface area contributed by atoms with Gasteiger partial charge in [-0.3, -0.25) is 0 Å². The molecule has 0 fully saturated rings. The number of carbonyl (C=O) groups excluding carboxylic acids is 2. The average Bonchev–Trinajstić information content (AvgIpc) is 2.28.